The van der Waals surface area contributed by atoms with Crippen LogP contribution in [0.3, 0.4) is 0 Å². The molecule has 2 fully saturated rings. The van der Waals surface area contributed by atoms with Gasteiger partial charge in [-0.1, -0.05) is 6.07 Å². The third-order valence-electron chi connectivity index (χ3n) is 6.97. The lowest BCUT2D eigenvalue weighted by atomic mass is 9.91. The van der Waals surface area contributed by atoms with Gasteiger partial charge < -0.3 is 5.73 Å². The van der Waals surface area contributed by atoms with Gasteiger partial charge in [-0.3, -0.25) is 14.1 Å². The Hall–Kier alpha value is -3.22. The monoisotopic (exact) mass is 522 g/mol. The lowest BCUT2D eigenvalue weighted by molar-refractivity contribution is 0.0844. The van der Waals surface area contributed by atoms with Crippen LogP contribution in [0.2, 0.25) is 0 Å². The normalized spacial score (nSPS) is 23.0. The molecule has 13 heteroatoms. The summed E-state index contributed by atoms with van der Waals surface area (Å²) in [5.41, 5.74) is 5.45. The van der Waals surface area contributed by atoms with Gasteiger partial charge in [0, 0.05) is 23.4 Å². The van der Waals surface area contributed by atoms with Crippen molar-refractivity contribution < 1.29 is 21.6 Å². The van der Waals surface area contributed by atoms with Gasteiger partial charge in [-0.15, -0.1) is 0 Å². The molecule has 2 heterocycles. The predicted octanol–water partition coefficient (Wildman–Crippen LogP) is 3.58. The quantitative estimate of drug-likeness (QED) is 0.506. The second kappa shape index (κ2) is 8.43. The number of nitrogen functional groups attached to an aromatic ring is 1. The molecule has 0 saturated heterocycles. The Bertz CT molecular complexity index is 1530. The van der Waals surface area contributed by atoms with Crippen LogP contribution in [-0.4, -0.2) is 39.6 Å². The van der Waals surface area contributed by atoms with E-state index in [2.05, 4.69) is 19.7 Å². The van der Waals surface area contributed by atoms with Crippen LogP contribution < -0.4 is 16.0 Å². The molecule has 3 atom stereocenters. The Kier molecular flexibility index (Phi) is 5.73. The summed E-state index contributed by atoms with van der Waals surface area (Å²) in [4.78, 5) is 25.5. The maximum absolute atomic E-state index is 15.0. The molecule has 0 aliphatic heterocycles. The van der Waals surface area contributed by atoms with Crippen molar-refractivity contribution in [2.75, 3.05) is 16.2 Å². The molecule has 2 aliphatic carbocycles. The van der Waals surface area contributed by atoms with Crippen LogP contribution >= 0.6 is 0 Å². The highest BCUT2D eigenvalue weighted by Crippen LogP contribution is 2.63. The average molecular weight is 523 g/mol. The molecule has 3 N–H and O–H groups in total. The van der Waals surface area contributed by atoms with Crippen LogP contribution in [-0.2, 0) is 10.0 Å². The Morgan fingerprint density at radius 1 is 1.22 bits per heavy atom. The molecule has 1 aromatic carbocycles. The number of benzene rings is 1. The van der Waals surface area contributed by atoms with Crippen molar-refractivity contribution in [3.63, 3.8) is 0 Å². The Morgan fingerprint density at radius 3 is 2.64 bits per heavy atom. The van der Waals surface area contributed by atoms with Gasteiger partial charge in [0.1, 0.15) is 17.0 Å². The summed E-state index contributed by atoms with van der Waals surface area (Å²) in [6.45, 7) is 3.55. The molecule has 3 unspecified atom stereocenters. The van der Waals surface area contributed by atoms with E-state index in [1.165, 1.54) is 22.9 Å². The minimum absolute atomic E-state index is 0.0209. The van der Waals surface area contributed by atoms with E-state index in [1.54, 1.807) is 13.8 Å². The van der Waals surface area contributed by atoms with Gasteiger partial charge in [0.05, 0.1) is 17.6 Å². The van der Waals surface area contributed by atoms with Crippen LogP contribution in [0.1, 0.15) is 39.2 Å². The Labute approximate surface area is 205 Å². The molecule has 3 aromatic rings. The second-order valence-corrected chi connectivity index (χ2v) is 11.6. The molecule has 0 bridgehead atoms. The molecular formula is C23H25F3N6O3S. The van der Waals surface area contributed by atoms with E-state index in [-0.39, 0.29) is 52.3 Å². The first-order chi connectivity index (χ1) is 16.9. The van der Waals surface area contributed by atoms with E-state index in [0.29, 0.717) is 12.8 Å². The summed E-state index contributed by atoms with van der Waals surface area (Å²) in [5, 5.41) is 0. The fraction of sp³-hybridized carbons (Fsp3) is 0.478. The molecule has 2 aliphatic rings. The summed E-state index contributed by atoms with van der Waals surface area (Å²) in [6, 6.07) is 3.30. The lowest BCUT2D eigenvalue weighted by Crippen LogP contribution is -2.26. The number of aromatic nitrogens is 4. The Balaban J connectivity index is 1.40. The second-order valence-electron chi connectivity index (χ2n) is 9.81. The van der Waals surface area contributed by atoms with E-state index in [0.717, 1.165) is 6.07 Å². The smallest absolute Gasteiger partial charge is 0.278 e. The van der Waals surface area contributed by atoms with E-state index >= 15 is 0 Å². The largest absolute Gasteiger partial charge is 0.368 e. The zero-order valence-electron chi connectivity index (χ0n) is 19.6. The van der Waals surface area contributed by atoms with Gasteiger partial charge in [-0.25, -0.2) is 31.6 Å². The standard InChI is InChI=1S/C23H25F3N6O3S/c1-11(2)32-20-18(9-28-22(27)30-20)29-19(21(32)33)13-4-6-17(16(24)8-13)31-36(34,35)10-12-3-5-14-15(7-12)23(14,25)26/h4,6,8-9,11-12,14-15,31H,3,5,7,10H2,1-2H3,(H2,27,28,30). The molecule has 0 amide bonds. The topological polar surface area (TPSA) is 133 Å². The fourth-order valence-corrected chi connectivity index (χ4v) is 6.67. The summed E-state index contributed by atoms with van der Waals surface area (Å²) in [5.74, 6) is -5.78. The van der Waals surface area contributed by atoms with Crippen LogP contribution in [0.5, 0.6) is 0 Å². The van der Waals surface area contributed by atoms with Gasteiger partial charge in [0.15, 0.2) is 5.65 Å². The van der Waals surface area contributed by atoms with Crippen molar-refractivity contribution >= 4 is 32.8 Å². The molecular weight excluding hydrogens is 497 g/mol. The van der Waals surface area contributed by atoms with Crippen molar-refractivity contribution in [3.05, 3.63) is 40.6 Å². The van der Waals surface area contributed by atoms with E-state index in [9.17, 15) is 26.4 Å². The van der Waals surface area contributed by atoms with Gasteiger partial charge >= 0.3 is 0 Å². The van der Waals surface area contributed by atoms with E-state index in [1.807, 2.05) is 0 Å². The van der Waals surface area contributed by atoms with E-state index in [4.69, 9.17) is 5.73 Å². The van der Waals surface area contributed by atoms with E-state index < -0.39 is 45.1 Å². The number of rotatable bonds is 6. The number of hydrogen-bond donors (Lipinski definition) is 2. The van der Waals surface area contributed by atoms with Crippen molar-refractivity contribution in [1.29, 1.82) is 0 Å². The zero-order chi connectivity index (χ0) is 26.0. The third-order valence-corrected chi connectivity index (χ3v) is 8.41. The minimum atomic E-state index is -3.98. The third kappa shape index (κ3) is 4.29. The molecule has 0 spiro atoms. The number of nitrogens with one attached hydrogen (secondary N) is 1. The SMILES string of the molecule is CC(C)n1c(=O)c(-c2ccc(NS(=O)(=O)CC3CCC4C(C3)C4(F)F)c(F)c2)nc2cnc(N)nc21. The summed E-state index contributed by atoms with van der Waals surface area (Å²) in [6.07, 6.45) is 2.20. The van der Waals surface area contributed by atoms with Crippen LogP contribution in [0.4, 0.5) is 24.8 Å². The first-order valence-electron chi connectivity index (χ1n) is 11.6. The van der Waals surface area contributed by atoms with Crippen molar-refractivity contribution in [2.45, 2.75) is 45.1 Å². The minimum Gasteiger partial charge on any atom is -0.368 e. The number of fused-ring (bicyclic) bond motifs is 2. The molecule has 2 aromatic heterocycles. The summed E-state index contributed by atoms with van der Waals surface area (Å²) < 4.78 is 71.1. The fourth-order valence-electron chi connectivity index (χ4n) is 5.17. The number of hydrogen-bond acceptors (Lipinski definition) is 7. The van der Waals surface area contributed by atoms with Gasteiger partial charge in [0.2, 0.25) is 16.0 Å². The number of anilines is 2. The van der Waals surface area contributed by atoms with Crippen molar-refractivity contribution in [1.82, 2.24) is 19.5 Å². The number of nitrogens with zero attached hydrogens (tertiary/aromatic N) is 4. The zero-order valence-corrected chi connectivity index (χ0v) is 20.4. The molecule has 192 valence electrons. The number of halogens is 3. The first-order valence-corrected chi connectivity index (χ1v) is 13.3. The predicted molar refractivity (Wildman–Crippen MR) is 128 cm³/mol. The highest BCUT2D eigenvalue weighted by Gasteiger charge is 2.68. The molecule has 0 radical (unpaired) electrons. The van der Waals surface area contributed by atoms with Crippen LogP contribution in [0.15, 0.2) is 29.2 Å². The van der Waals surface area contributed by atoms with Crippen LogP contribution in [0.25, 0.3) is 22.4 Å². The van der Waals surface area contributed by atoms with Crippen molar-refractivity contribution in [2.24, 2.45) is 17.8 Å². The average Bonchev–Trinajstić information content (AvgIpc) is 3.33. The Morgan fingerprint density at radius 2 is 1.97 bits per heavy atom. The van der Waals surface area contributed by atoms with Crippen molar-refractivity contribution in [3.8, 4) is 11.3 Å². The highest BCUT2D eigenvalue weighted by atomic mass is 32.2. The molecule has 2 saturated carbocycles. The molecule has 9 nitrogen and oxygen atoms in total. The first kappa shape index (κ1) is 24.5. The van der Waals surface area contributed by atoms with Gasteiger partial charge in [-0.05, 0) is 51.2 Å². The van der Waals surface area contributed by atoms with Gasteiger partial charge in [-0.2, -0.15) is 4.98 Å². The maximum Gasteiger partial charge on any atom is 0.278 e. The number of sulfonamides is 1. The lowest BCUT2D eigenvalue weighted by Gasteiger charge is -2.20. The maximum atomic E-state index is 15.0. The summed E-state index contributed by atoms with van der Waals surface area (Å²) in [7, 11) is -3.98. The number of alkyl halides is 2. The van der Waals surface area contributed by atoms with Crippen LogP contribution in [0, 0.1) is 23.6 Å². The number of nitrogens with two attached hydrogens (primary N) is 1. The summed E-state index contributed by atoms with van der Waals surface area (Å²) >= 11 is 0. The highest BCUT2D eigenvalue weighted by molar-refractivity contribution is 7.92. The van der Waals surface area contributed by atoms with Gasteiger partial charge in [0.25, 0.3) is 11.5 Å². The molecule has 5 rings (SSSR count). The molecule has 36 heavy (non-hydrogen) atoms.